The third-order valence-electron chi connectivity index (χ3n) is 1.50. The van der Waals surface area contributed by atoms with Crippen molar-refractivity contribution in [3.63, 3.8) is 0 Å². The summed E-state index contributed by atoms with van der Waals surface area (Å²) in [6.07, 6.45) is 0. The third-order valence-corrected chi connectivity index (χ3v) is 1.50. The molecule has 0 radical (unpaired) electrons. The van der Waals surface area contributed by atoms with Gasteiger partial charge in [-0.05, 0) is 12.1 Å². The maximum atomic E-state index is 12.9. The van der Waals surface area contributed by atoms with Crippen LogP contribution in [0.25, 0.3) is 4.85 Å². The van der Waals surface area contributed by atoms with Gasteiger partial charge in [-0.3, -0.25) is 0 Å². The van der Waals surface area contributed by atoms with Crippen LogP contribution in [0.2, 0.25) is 0 Å². The lowest BCUT2D eigenvalue weighted by molar-refractivity contribution is 0.382. The quantitative estimate of drug-likeness (QED) is 0.613. The van der Waals surface area contributed by atoms with Crippen LogP contribution in [-0.4, -0.2) is 7.11 Å². The first-order valence-electron chi connectivity index (χ1n) is 3.44. The molecule has 0 aromatic heterocycles. The number of hydrogen-bond donors (Lipinski definition) is 0. The number of benzene rings is 1. The van der Waals surface area contributed by atoms with E-state index in [0.717, 1.165) is 0 Å². The van der Waals surface area contributed by atoms with Crippen LogP contribution in [-0.2, 0) is 6.54 Å². The van der Waals surface area contributed by atoms with E-state index in [1.807, 2.05) is 0 Å². The molecular formula is C9H8FNO. The first-order chi connectivity index (χ1) is 5.79. The molecular weight excluding hydrogens is 157 g/mol. The number of halogens is 1. The highest BCUT2D eigenvalue weighted by atomic mass is 19.1. The molecule has 0 bridgehead atoms. The molecule has 0 aliphatic heterocycles. The summed E-state index contributed by atoms with van der Waals surface area (Å²) in [5, 5.41) is 0. The molecule has 0 amide bonds. The van der Waals surface area contributed by atoms with Gasteiger partial charge in [0.2, 0.25) is 6.54 Å². The van der Waals surface area contributed by atoms with Crippen LogP contribution in [0.15, 0.2) is 18.2 Å². The fraction of sp³-hybridized carbons (Fsp3) is 0.222. The summed E-state index contributed by atoms with van der Waals surface area (Å²) >= 11 is 0. The molecule has 0 aliphatic carbocycles. The molecule has 0 N–H and O–H groups in total. The fourth-order valence-corrected chi connectivity index (χ4v) is 0.992. The predicted octanol–water partition coefficient (Wildman–Crippen LogP) is 2.25. The van der Waals surface area contributed by atoms with Crippen molar-refractivity contribution in [3.05, 3.63) is 41.0 Å². The van der Waals surface area contributed by atoms with Crippen LogP contribution in [0.4, 0.5) is 4.39 Å². The summed E-state index contributed by atoms with van der Waals surface area (Å²) in [5.41, 5.74) is 0.590. The van der Waals surface area contributed by atoms with Gasteiger partial charge in [0.25, 0.3) is 0 Å². The third kappa shape index (κ3) is 1.54. The predicted molar refractivity (Wildman–Crippen MR) is 43.3 cm³/mol. The maximum Gasteiger partial charge on any atom is 0.243 e. The summed E-state index contributed by atoms with van der Waals surface area (Å²) in [5.74, 6) is -0.243. The SMILES string of the molecule is [C-]#[N+]Cc1cccc(F)c1OC. The minimum Gasteiger partial charge on any atom is -0.493 e. The van der Waals surface area contributed by atoms with Gasteiger partial charge < -0.3 is 9.58 Å². The van der Waals surface area contributed by atoms with Crippen molar-refractivity contribution in [2.75, 3.05) is 7.11 Å². The molecule has 1 aromatic rings. The van der Waals surface area contributed by atoms with E-state index in [4.69, 9.17) is 11.3 Å². The Labute approximate surface area is 70.4 Å². The second kappa shape index (κ2) is 3.72. The monoisotopic (exact) mass is 165 g/mol. The molecule has 0 fully saturated rings. The van der Waals surface area contributed by atoms with E-state index in [1.54, 1.807) is 12.1 Å². The minimum absolute atomic E-state index is 0.154. The largest absolute Gasteiger partial charge is 0.493 e. The lowest BCUT2D eigenvalue weighted by Gasteiger charge is -2.03. The standard InChI is InChI=1S/C9H8FNO/c1-11-6-7-4-3-5-8(10)9(7)12-2/h3-5H,6H2,2H3. The van der Waals surface area contributed by atoms with Crippen molar-refractivity contribution in [3.8, 4) is 5.75 Å². The molecule has 3 heteroatoms. The van der Waals surface area contributed by atoms with Gasteiger partial charge in [0.15, 0.2) is 11.6 Å². The van der Waals surface area contributed by atoms with Gasteiger partial charge in [0, 0.05) is 0 Å². The first-order valence-corrected chi connectivity index (χ1v) is 3.44. The van der Waals surface area contributed by atoms with Crippen molar-refractivity contribution in [2.45, 2.75) is 6.54 Å². The maximum absolute atomic E-state index is 12.9. The Balaban J connectivity index is 3.11. The molecule has 1 rings (SSSR count). The molecule has 0 atom stereocenters. The van der Waals surface area contributed by atoms with E-state index in [9.17, 15) is 4.39 Å². The molecule has 0 saturated heterocycles. The summed E-state index contributed by atoms with van der Waals surface area (Å²) in [7, 11) is 1.39. The van der Waals surface area contributed by atoms with E-state index >= 15 is 0 Å². The number of methoxy groups -OCH3 is 1. The van der Waals surface area contributed by atoms with Crippen LogP contribution < -0.4 is 4.74 Å². The molecule has 2 nitrogen and oxygen atoms in total. The highest BCUT2D eigenvalue weighted by Gasteiger charge is 2.09. The minimum atomic E-state index is -0.418. The van der Waals surface area contributed by atoms with Gasteiger partial charge in [0.1, 0.15) is 0 Å². The Hall–Kier alpha value is -1.56. The van der Waals surface area contributed by atoms with Crippen LogP contribution in [0.1, 0.15) is 5.56 Å². The zero-order valence-corrected chi connectivity index (χ0v) is 6.67. The van der Waals surface area contributed by atoms with Crippen molar-refractivity contribution in [1.29, 1.82) is 0 Å². The average molecular weight is 165 g/mol. The molecule has 12 heavy (non-hydrogen) atoms. The van der Waals surface area contributed by atoms with Crippen molar-refractivity contribution in [1.82, 2.24) is 0 Å². The van der Waals surface area contributed by atoms with Gasteiger partial charge in [-0.2, -0.15) is 0 Å². The molecule has 1 aromatic carbocycles. The smallest absolute Gasteiger partial charge is 0.243 e. The highest BCUT2D eigenvalue weighted by Crippen LogP contribution is 2.22. The lowest BCUT2D eigenvalue weighted by Crippen LogP contribution is -1.93. The number of rotatable bonds is 2. The van der Waals surface area contributed by atoms with Gasteiger partial charge >= 0.3 is 0 Å². The summed E-state index contributed by atoms with van der Waals surface area (Å²) < 4.78 is 17.8. The van der Waals surface area contributed by atoms with E-state index in [-0.39, 0.29) is 12.3 Å². The summed E-state index contributed by atoms with van der Waals surface area (Å²) in [6.45, 7) is 6.78. The van der Waals surface area contributed by atoms with Gasteiger partial charge in [0.05, 0.1) is 12.7 Å². The van der Waals surface area contributed by atoms with Crippen molar-refractivity contribution >= 4 is 0 Å². The van der Waals surface area contributed by atoms with E-state index in [1.165, 1.54) is 13.2 Å². The topological polar surface area (TPSA) is 13.6 Å². The Bertz CT molecular complexity index is 317. The normalized spacial score (nSPS) is 9.08. The van der Waals surface area contributed by atoms with Gasteiger partial charge in [-0.15, -0.1) is 0 Å². The number of hydrogen-bond acceptors (Lipinski definition) is 1. The Morgan fingerprint density at radius 1 is 1.58 bits per heavy atom. The molecule has 0 saturated carbocycles. The Morgan fingerprint density at radius 3 is 2.92 bits per heavy atom. The Kier molecular flexibility index (Phi) is 2.65. The van der Waals surface area contributed by atoms with E-state index < -0.39 is 5.82 Å². The zero-order valence-electron chi connectivity index (χ0n) is 6.67. The number of para-hydroxylation sites is 1. The van der Waals surface area contributed by atoms with E-state index in [2.05, 4.69) is 4.85 Å². The highest BCUT2D eigenvalue weighted by molar-refractivity contribution is 5.35. The zero-order chi connectivity index (χ0) is 8.97. The second-order valence-corrected chi connectivity index (χ2v) is 2.25. The van der Waals surface area contributed by atoms with Crippen molar-refractivity contribution < 1.29 is 9.13 Å². The number of ether oxygens (including phenoxy) is 1. The average Bonchev–Trinajstić information content (AvgIpc) is 2.05. The van der Waals surface area contributed by atoms with Gasteiger partial charge in [-0.1, -0.05) is 6.07 Å². The number of nitrogens with zero attached hydrogens (tertiary/aromatic N) is 1. The lowest BCUT2D eigenvalue weighted by atomic mass is 10.2. The molecule has 0 unspecified atom stereocenters. The molecule has 0 heterocycles. The van der Waals surface area contributed by atoms with Crippen LogP contribution in [0, 0.1) is 12.4 Å². The molecule has 0 spiro atoms. The van der Waals surface area contributed by atoms with Crippen LogP contribution in [0.3, 0.4) is 0 Å². The first kappa shape index (κ1) is 8.54. The summed E-state index contributed by atoms with van der Waals surface area (Å²) in [6, 6.07) is 4.56. The molecule has 62 valence electrons. The van der Waals surface area contributed by atoms with Crippen LogP contribution in [0.5, 0.6) is 5.75 Å². The second-order valence-electron chi connectivity index (χ2n) is 2.25. The van der Waals surface area contributed by atoms with Crippen molar-refractivity contribution in [2.24, 2.45) is 0 Å². The van der Waals surface area contributed by atoms with Gasteiger partial charge in [-0.25, -0.2) is 11.0 Å². The molecule has 0 aliphatic rings. The summed E-state index contributed by atoms with van der Waals surface area (Å²) in [4.78, 5) is 3.16. The Morgan fingerprint density at radius 2 is 2.33 bits per heavy atom. The van der Waals surface area contributed by atoms with E-state index in [0.29, 0.717) is 5.56 Å². The van der Waals surface area contributed by atoms with Crippen LogP contribution >= 0.6 is 0 Å². The fourth-order valence-electron chi connectivity index (χ4n) is 0.992.